The zero-order chi connectivity index (χ0) is 25.5. The molecule has 0 spiro atoms. The van der Waals surface area contributed by atoms with Crippen molar-refractivity contribution in [2.24, 2.45) is 0 Å². The van der Waals surface area contributed by atoms with E-state index >= 15 is 0 Å². The van der Waals surface area contributed by atoms with E-state index in [1.165, 1.54) is 23.1 Å². The van der Waals surface area contributed by atoms with E-state index in [1.54, 1.807) is 6.92 Å². The summed E-state index contributed by atoms with van der Waals surface area (Å²) in [6.45, 7) is 1.95. The summed E-state index contributed by atoms with van der Waals surface area (Å²) in [5.41, 5.74) is -0.521. The van der Waals surface area contributed by atoms with Crippen LogP contribution in [0.15, 0.2) is 36.4 Å². The van der Waals surface area contributed by atoms with E-state index in [-0.39, 0.29) is 22.4 Å². The molecule has 0 radical (unpaired) electrons. The molecule has 1 aliphatic heterocycles. The summed E-state index contributed by atoms with van der Waals surface area (Å²) < 4.78 is 39.2. The molecule has 1 aliphatic rings. The molecule has 1 unspecified atom stereocenters. The number of halogens is 3. The molecule has 35 heavy (non-hydrogen) atoms. The summed E-state index contributed by atoms with van der Waals surface area (Å²) >= 11 is 0. The molecular formula is C23H19F3N4O5. The van der Waals surface area contributed by atoms with Crippen LogP contribution in [0.2, 0.25) is 0 Å². The van der Waals surface area contributed by atoms with Crippen molar-refractivity contribution in [3.63, 3.8) is 0 Å². The molecule has 3 N–H and O–H groups in total. The Morgan fingerprint density at radius 2 is 1.80 bits per heavy atom. The van der Waals surface area contributed by atoms with Crippen molar-refractivity contribution in [2.45, 2.75) is 32.0 Å². The second-order valence-corrected chi connectivity index (χ2v) is 8.08. The van der Waals surface area contributed by atoms with Gasteiger partial charge in [-0.15, -0.1) is 0 Å². The van der Waals surface area contributed by atoms with Gasteiger partial charge in [0.25, 0.3) is 5.91 Å². The van der Waals surface area contributed by atoms with Crippen LogP contribution in [0.5, 0.6) is 0 Å². The summed E-state index contributed by atoms with van der Waals surface area (Å²) in [6, 6.07) is 6.19. The average molecular weight is 488 g/mol. The number of nitrogens with zero attached hydrogens (tertiary/aromatic N) is 3. The Morgan fingerprint density at radius 3 is 2.43 bits per heavy atom. The topological polar surface area (TPSA) is 133 Å². The summed E-state index contributed by atoms with van der Waals surface area (Å²) in [6.07, 6.45) is -3.66. The zero-order valence-electron chi connectivity index (χ0n) is 18.3. The molecule has 1 fully saturated rings. The third-order valence-electron chi connectivity index (χ3n) is 5.71. The van der Waals surface area contributed by atoms with Crippen LogP contribution in [-0.4, -0.2) is 55.5 Å². The summed E-state index contributed by atoms with van der Waals surface area (Å²) in [5, 5.41) is 21.6. The fourth-order valence-corrected chi connectivity index (χ4v) is 4.01. The van der Waals surface area contributed by atoms with Crippen LogP contribution in [0.3, 0.4) is 0 Å². The maximum atomic E-state index is 13.1. The number of aromatic nitrogens is 2. The smallest absolute Gasteiger partial charge is 0.416 e. The quantitative estimate of drug-likeness (QED) is 0.489. The van der Waals surface area contributed by atoms with Crippen molar-refractivity contribution in [1.29, 1.82) is 0 Å². The van der Waals surface area contributed by atoms with Crippen LogP contribution in [-0.2, 0) is 11.0 Å². The minimum Gasteiger partial charge on any atom is -0.480 e. The number of carboxylic acid groups (broad SMARTS) is 2. The van der Waals surface area contributed by atoms with E-state index in [2.05, 4.69) is 15.3 Å². The van der Waals surface area contributed by atoms with Crippen LogP contribution in [0.4, 0.5) is 24.7 Å². The number of aryl methyl sites for hydroxylation is 1. The number of alkyl halides is 3. The van der Waals surface area contributed by atoms with Crippen LogP contribution in [0, 0.1) is 6.92 Å². The van der Waals surface area contributed by atoms with Gasteiger partial charge >= 0.3 is 18.1 Å². The Bertz CT molecular complexity index is 1360. The number of carbonyl (C=O) groups is 3. The van der Waals surface area contributed by atoms with E-state index in [1.807, 2.05) is 0 Å². The van der Waals surface area contributed by atoms with E-state index in [9.17, 15) is 37.8 Å². The number of carboxylic acids is 2. The number of anilines is 2. The fraction of sp³-hybridized carbons (Fsp3) is 0.261. The Labute approximate surface area is 196 Å². The van der Waals surface area contributed by atoms with Gasteiger partial charge in [-0.1, -0.05) is 0 Å². The predicted molar refractivity (Wildman–Crippen MR) is 118 cm³/mol. The third-order valence-corrected chi connectivity index (χ3v) is 5.71. The normalized spacial score (nSPS) is 15.9. The molecular weight excluding hydrogens is 469 g/mol. The molecule has 2 aromatic carbocycles. The number of rotatable bonds is 5. The SMILES string of the molecule is Cc1cc(Nc2nc3cc(C(F)(F)F)ccc3nc2C(=O)O)ccc1C(=O)N1CCCC1C(=O)O. The number of fused-ring (bicyclic) bond motifs is 1. The van der Waals surface area contributed by atoms with Gasteiger partial charge < -0.3 is 20.4 Å². The standard InChI is InChI=1S/C23H19F3N4O5/c1-11-9-13(5-6-14(11)20(31)30-8-2-3-17(30)21(32)33)27-19-18(22(34)35)28-15-7-4-12(23(24,25)26)10-16(15)29-19/h4-7,9-10,17H,2-3,8H2,1H3,(H,27,29)(H,32,33)(H,34,35). The highest BCUT2D eigenvalue weighted by Crippen LogP contribution is 2.32. The van der Waals surface area contributed by atoms with Crippen LogP contribution >= 0.6 is 0 Å². The summed E-state index contributed by atoms with van der Waals surface area (Å²) in [5.74, 6) is -3.21. The van der Waals surface area contributed by atoms with E-state index in [0.717, 1.165) is 18.2 Å². The second-order valence-electron chi connectivity index (χ2n) is 8.08. The van der Waals surface area contributed by atoms with Crippen LogP contribution in [0.25, 0.3) is 11.0 Å². The van der Waals surface area contributed by atoms with Crippen molar-refractivity contribution in [2.75, 3.05) is 11.9 Å². The number of likely N-dealkylation sites (tertiary alicyclic amines) is 1. The number of hydrogen-bond acceptors (Lipinski definition) is 6. The predicted octanol–water partition coefficient (Wildman–Crippen LogP) is 4.09. The minimum absolute atomic E-state index is 0.0170. The van der Waals surface area contributed by atoms with Gasteiger partial charge in [0.15, 0.2) is 11.5 Å². The lowest BCUT2D eigenvalue weighted by Crippen LogP contribution is -2.40. The highest BCUT2D eigenvalue weighted by molar-refractivity contribution is 5.99. The van der Waals surface area contributed by atoms with Gasteiger partial charge in [0, 0.05) is 17.8 Å². The first-order chi connectivity index (χ1) is 16.5. The first kappa shape index (κ1) is 23.9. The number of hydrogen-bond donors (Lipinski definition) is 3. The molecule has 0 bridgehead atoms. The van der Waals surface area contributed by atoms with Gasteiger partial charge in [-0.2, -0.15) is 13.2 Å². The minimum atomic E-state index is -4.61. The number of aliphatic carboxylic acids is 1. The lowest BCUT2D eigenvalue weighted by Gasteiger charge is -2.22. The second kappa shape index (κ2) is 8.85. The van der Waals surface area contributed by atoms with Crippen LogP contribution in [0.1, 0.15) is 44.8 Å². The molecule has 0 aliphatic carbocycles. The Balaban J connectivity index is 1.67. The number of amides is 1. The molecule has 9 nitrogen and oxygen atoms in total. The molecule has 1 saturated heterocycles. The largest absolute Gasteiger partial charge is 0.480 e. The Kier molecular flexibility index (Phi) is 6.05. The Hall–Kier alpha value is -4.22. The maximum absolute atomic E-state index is 13.1. The third kappa shape index (κ3) is 4.72. The van der Waals surface area contributed by atoms with Gasteiger partial charge in [-0.05, 0) is 61.7 Å². The number of carbonyl (C=O) groups excluding carboxylic acids is 1. The number of nitrogens with one attached hydrogen (secondary N) is 1. The van der Waals surface area contributed by atoms with Gasteiger partial charge in [0.2, 0.25) is 0 Å². The first-order valence-corrected chi connectivity index (χ1v) is 10.5. The van der Waals surface area contributed by atoms with E-state index in [0.29, 0.717) is 30.6 Å². The summed E-state index contributed by atoms with van der Waals surface area (Å²) in [7, 11) is 0. The maximum Gasteiger partial charge on any atom is 0.416 e. The van der Waals surface area contributed by atoms with Gasteiger partial charge in [-0.3, -0.25) is 4.79 Å². The van der Waals surface area contributed by atoms with Crippen LogP contribution < -0.4 is 5.32 Å². The molecule has 12 heteroatoms. The highest BCUT2D eigenvalue weighted by Gasteiger charge is 2.35. The molecule has 1 amide bonds. The van der Waals surface area contributed by atoms with Crippen molar-refractivity contribution < 1.29 is 37.8 Å². The lowest BCUT2D eigenvalue weighted by atomic mass is 10.1. The number of aromatic carboxylic acids is 1. The molecule has 1 aromatic heterocycles. The first-order valence-electron chi connectivity index (χ1n) is 10.5. The van der Waals surface area contributed by atoms with Crippen molar-refractivity contribution >= 4 is 40.4 Å². The van der Waals surface area contributed by atoms with Crippen molar-refractivity contribution in [3.05, 3.63) is 58.8 Å². The Morgan fingerprint density at radius 1 is 1.06 bits per heavy atom. The van der Waals surface area contributed by atoms with Gasteiger partial charge in [-0.25, -0.2) is 19.6 Å². The molecule has 2 heterocycles. The van der Waals surface area contributed by atoms with E-state index < -0.39 is 41.3 Å². The fourth-order valence-electron chi connectivity index (χ4n) is 4.01. The van der Waals surface area contributed by atoms with E-state index in [4.69, 9.17) is 0 Å². The van der Waals surface area contributed by atoms with Gasteiger partial charge in [0.05, 0.1) is 16.6 Å². The molecule has 182 valence electrons. The molecule has 0 saturated carbocycles. The molecule has 1 atom stereocenters. The monoisotopic (exact) mass is 488 g/mol. The van der Waals surface area contributed by atoms with Crippen molar-refractivity contribution in [1.82, 2.24) is 14.9 Å². The van der Waals surface area contributed by atoms with Crippen molar-refractivity contribution in [3.8, 4) is 0 Å². The highest BCUT2D eigenvalue weighted by atomic mass is 19.4. The lowest BCUT2D eigenvalue weighted by molar-refractivity contribution is -0.141. The molecule has 3 aromatic rings. The number of benzene rings is 2. The molecule has 4 rings (SSSR count). The summed E-state index contributed by atoms with van der Waals surface area (Å²) in [4.78, 5) is 45.3. The zero-order valence-corrected chi connectivity index (χ0v) is 18.3. The average Bonchev–Trinajstić information content (AvgIpc) is 3.27. The van der Waals surface area contributed by atoms with Gasteiger partial charge in [0.1, 0.15) is 6.04 Å².